The summed E-state index contributed by atoms with van der Waals surface area (Å²) in [5, 5.41) is 2.38. The van der Waals surface area contributed by atoms with Gasteiger partial charge in [-0.1, -0.05) is 95.0 Å². The predicted molar refractivity (Wildman–Crippen MR) is 98.1 cm³/mol. The molecule has 0 aliphatic carbocycles. The van der Waals surface area contributed by atoms with Crippen molar-refractivity contribution in [3.63, 3.8) is 0 Å². The minimum Gasteiger partial charge on any atom is -1.00 e. The fourth-order valence-electron chi connectivity index (χ4n) is 3.25. The molecule has 2 N–H and O–H groups in total. The summed E-state index contributed by atoms with van der Waals surface area (Å²) in [7, 11) is 2.21. The molecule has 0 radical (unpaired) electrons. The number of rotatable bonds is 13. The molecule has 0 saturated carbocycles. The van der Waals surface area contributed by atoms with E-state index in [1.807, 2.05) is 0 Å². The molecule has 3 heteroatoms. The molecule has 1 rings (SSSR count). The fourth-order valence-corrected chi connectivity index (χ4v) is 3.25. The lowest BCUT2D eigenvalue weighted by Gasteiger charge is -2.26. The smallest absolute Gasteiger partial charge is 0.119 e. The molecule has 0 saturated heterocycles. The highest BCUT2D eigenvalue weighted by molar-refractivity contribution is 5.20. The highest BCUT2D eigenvalue weighted by Crippen LogP contribution is 2.23. The van der Waals surface area contributed by atoms with Gasteiger partial charge in [-0.15, -0.1) is 0 Å². The van der Waals surface area contributed by atoms with Gasteiger partial charge in [0, 0.05) is 12.0 Å². The Morgan fingerprint density at radius 1 is 0.750 bits per heavy atom. The van der Waals surface area contributed by atoms with Crippen LogP contribution < -0.4 is 30.1 Å². The Bertz CT molecular complexity index is 369. The van der Waals surface area contributed by atoms with Gasteiger partial charge in [0.15, 0.2) is 0 Å². The zero-order chi connectivity index (χ0) is 16.1. The van der Waals surface area contributed by atoms with Gasteiger partial charge in [-0.3, -0.25) is 0 Å². The second-order valence-corrected chi connectivity index (χ2v) is 7.00. The van der Waals surface area contributed by atoms with Crippen molar-refractivity contribution in [1.82, 2.24) is 0 Å². The number of unbranched alkanes of at least 4 members (excludes halogenated alkanes) is 9. The van der Waals surface area contributed by atoms with Gasteiger partial charge in [0.25, 0.3) is 0 Å². The Morgan fingerprint density at radius 2 is 1.21 bits per heavy atom. The molecule has 0 aromatic heterocycles. The van der Waals surface area contributed by atoms with Crippen LogP contribution in [-0.2, 0) is 5.54 Å². The summed E-state index contributed by atoms with van der Waals surface area (Å²) in [6.45, 7) is 4.67. The van der Waals surface area contributed by atoms with E-state index < -0.39 is 0 Å². The minimum absolute atomic E-state index is 0. The first kappa shape index (κ1) is 26.0. The maximum atomic E-state index is 2.38. The molecule has 142 valence electrons. The molecule has 0 amide bonds. The van der Waals surface area contributed by atoms with Crippen LogP contribution in [0.3, 0.4) is 0 Å². The van der Waals surface area contributed by atoms with Crippen LogP contribution >= 0.6 is 0 Å². The van der Waals surface area contributed by atoms with E-state index in [4.69, 9.17) is 0 Å². The maximum absolute atomic E-state index is 2.38. The Labute approximate surface area is 163 Å². The summed E-state index contributed by atoms with van der Waals surface area (Å²) >= 11 is 0. The van der Waals surface area contributed by atoms with Crippen LogP contribution in [0.5, 0.6) is 0 Å². The second-order valence-electron chi connectivity index (χ2n) is 7.00. The highest BCUT2D eigenvalue weighted by Gasteiger charge is 2.27. The predicted octanol–water partition coefficient (Wildman–Crippen LogP) is -0.586. The zero-order valence-corrected chi connectivity index (χ0v) is 17.5. The lowest BCUT2D eigenvalue weighted by molar-refractivity contribution is -0.710. The van der Waals surface area contributed by atoms with E-state index in [-0.39, 0.29) is 30.4 Å². The number of halogens is 2. The molecule has 0 heterocycles. The lowest BCUT2D eigenvalue weighted by Crippen LogP contribution is -3.00. The third-order valence-electron chi connectivity index (χ3n) is 5.12. The minimum atomic E-state index is 0. The third-order valence-corrected chi connectivity index (χ3v) is 5.12. The van der Waals surface area contributed by atoms with Gasteiger partial charge < -0.3 is 30.1 Å². The Morgan fingerprint density at radius 3 is 1.67 bits per heavy atom. The topological polar surface area (TPSA) is 16.6 Å². The van der Waals surface area contributed by atoms with Gasteiger partial charge in [0.05, 0.1) is 7.05 Å². The second kappa shape index (κ2) is 16.2. The van der Waals surface area contributed by atoms with Crippen LogP contribution in [0.15, 0.2) is 30.3 Å². The van der Waals surface area contributed by atoms with E-state index in [1.54, 1.807) is 0 Å². The first-order valence-corrected chi connectivity index (χ1v) is 9.59. The van der Waals surface area contributed by atoms with Gasteiger partial charge in [-0.2, -0.15) is 0 Å². The molecule has 1 aromatic carbocycles. The number of quaternary nitrogens is 1. The average molecular weight is 375 g/mol. The van der Waals surface area contributed by atoms with Crippen molar-refractivity contribution in [1.29, 1.82) is 0 Å². The van der Waals surface area contributed by atoms with Crippen LogP contribution in [0.4, 0.5) is 0 Å². The first-order chi connectivity index (χ1) is 10.7. The monoisotopic (exact) mass is 374 g/mol. The van der Waals surface area contributed by atoms with E-state index in [0.717, 1.165) is 0 Å². The van der Waals surface area contributed by atoms with E-state index in [2.05, 4.69) is 56.5 Å². The molecular formula is C21H38Cl2N-. The van der Waals surface area contributed by atoms with Crippen molar-refractivity contribution in [2.75, 3.05) is 7.05 Å². The number of hydrogen-bond donors (Lipinski definition) is 1. The molecule has 1 atom stereocenters. The fraction of sp³-hybridized carbons (Fsp3) is 0.714. The molecule has 0 aliphatic rings. The average Bonchev–Trinajstić information content (AvgIpc) is 2.57. The van der Waals surface area contributed by atoms with Gasteiger partial charge in [0.2, 0.25) is 0 Å². The van der Waals surface area contributed by atoms with Crippen molar-refractivity contribution < 1.29 is 30.1 Å². The molecule has 24 heavy (non-hydrogen) atoms. The van der Waals surface area contributed by atoms with E-state index in [1.165, 1.54) is 76.2 Å². The third kappa shape index (κ3) is 10.6. The van der Waals surface area contributed by atoms with Crippen molar-refractivity contribution in [2.24, 2.45) is 0 Å². The zero-order valence-electron chi connectivity index (χ0n) is 16.0. The van der Waals surface area contributed by atoms with Crippen LogP contribution in [0.25, 0.3) is 0 Å². The largest absolute Gasteiger partial charge is 1.00 e. The molecule has 1 unspecified atom stereocenters. The number of nitrogens with two attached hydrogens (primary N) is 1. The SMILES string of the molecule is CCCCCCCCCCCCC(C)([NH2+]C)c1ccccc1.[Cl-].[Cl-]. The molecule has 0 fully saturated rings. The standard InChI is InChI=1S/C21H37N.2ClH/c1-4-5-6-7-8-9-10-11-12-16-19-21(2,22-3)20-17-14-13-15-18-20;;/h13-15,17-18,22H,4-12,16,19H2,1-3H3;2*1H/p-1. The van der Waals surface area contributed by atoms with E-state index in [9.17, 15) is 0 Å². The van der Waals surface area contributed by atoms with Crippen molar-refractivity contribution in [3.8, 4) is 0 Å². The van der Waals surface area contributed by atoms with Crippen LogP contribution in [-0.4, -0.2) is 7.05 Å². The quantitative estimate of drug-likeness (QED) is 0.444. The van der Waals surface area contributed by atoms with Gasteiger partial charge in [0.1, 0.15) is 5.54 Å². The van der Waals surface area contributed by atoms with Crippen molar-refractivity contribution in [2.45, 2.75) is 90.0 Å². The molecule has 0 spiro atoms. The summed E-state index contributed by atoms with van der Waals surface area (Å²) in [6, 6.07) is 11.0. The van der Waals surface area contributed by atoms with Crippen molar-refractivity contribution >= 4 is 0 Å². The van der Waals surface area contributed by atoms with Crippen LogP contribution in [0.1, 0.15) is 90.0 Å². The van der Waals surface area contributed by atoms with Crippen LogP contribution in [0, 0.1) is 0 Å². The van der Waals surface area contributed by atoms with Crippen LogP contribution in [0.2, 0.25) is 0 Å². The van der Waals surface area contributed by atoms with Crippen molar-refractivity contribution in [3.05, 3.63) is 35.9 Å². The van der Waals surface area contributed by atoms with Gasteiger partial charge in [-0.05, 0) is 13.3 Å². The number of benzene rings is 1. The molecular weight excluding hydrogens is 337 g/mol. The normalized spacial score (nSPS) is 12.8. The summed E-state index contributed by atoms with van der Waals surface area (Å²) < 4.78 is 0. The Hall–Kier alpha value is -0.240. The molecule has 0 bridgehead atoms. The lowest BCUT2D eigenvalue weighted by atomic mass is 9.86. The number of hydrogen-bond acceptors (Lipinski definition) is 0. The summed E-state index contributed by atoms with van der Waals surface area (Å²) in [6.07, 6.45) is 15.4. The Kier molecular flexibility index (Phi) is 17.6. The highest BCUT2D eigenvalue weighted by atomic mass is 35.5. The van der Waals surface area contributed by atoms with Gasteiger partial charge >= 0.3 is 0 Å². The molecule has 1 nitrogen and oxygen atoms in total. The maximum Gasteiger partial charge on any atom is 0.119 e. The molecule has 0 aliphatic heterocycles. The van der Waals surface area contributed by atoms with Gasteiger partial charge in [-0.25, -0.2) is 0 Å². The Balaban J connectivity index is 0. The summed E-state index contributed by atoms with van der Waals surface area (Å²) in [4.78, 5) is 0. The first-order valence-electron chi connectivity index (χ1n) is 9.59. The van der Waals surface area contributed by atoms with E-state index >= 15 is 0 Å². The van der Waals surface area contributed by atoms with E-state index in [0.29, 0.717) is 0 Å². The summed E-state index contributed by atoms with van der Waals surface area (Å²) in [5.41, 5.74) is 1.72. The summed E-state index contributed by atoms with van der Waals surface area (Å²) in [5.74, 6) is 0. The molecule has 1 aromatic rings.